The fourth-order valence-electron chi connectivity index (χ4n) is 1.41. The molecule has 0 amide bonds. The molecule has 0 N–H and O–H groups in total. The van der Waals surface area contributed by atoms with Gasteiger partial charge in [0, 0.05) is 0 Å². The van der Waals surface area contributed by atoms with Gasteiger partial charge in [-0.15, -0.1) is 0 Å². The Kier molecular flexibility index (Phi) is 5.52. The lowest BCUT2D eigenvalue weighted by atomic mass is 10.2. The van der Waals surface area contributed by atoms with Gasteiger partial charge in [-0.05, 0) is 24.3 Å². The van der Waals surface area contributed by atoms with Gasteiger partial charge in [0.2, 0.25) is 0 Å². The van der Waals surface area contributed by atoms with Crippen LogP contribution in [0.1, 0.15) is 20.7 Å². The molecule has 0 aliphatic carbocycles. The van der Waals surface area contributed by atoms with Crippen LogP contribution in [0.15, 0.2) is 48.5 Å². The van der Waals surface area contributed by atoms with E-state index in [1.807, 2.05) is 0 Å². The largest absolute Gasteiger partial charge is 0.411 e. The molecule has 0 fully saturated rings. The van der Waals surface area contributed by atoms with Crippen molar-refractivity contribution in [2.75, 3.05) is 0 Å². The van der Waals surface area contributed by atoms with Gasteiger partial charge in [-0.25, -0.2) is 0 Å². The zero-order valence-corrected chi connectivity index (χ0v) is 11.9. The van der Waals surface area contributed by atoms with Crippen molar-refractivity contribution in [1.82, 2.24) is 0 Å². The minimum Gasteiger partial charge on any atom is -0.411 e. The fourth-order valence-corrected chi connectivity index (χ4v) is 2.52. The minimum absolute atomic E-state index is 0.465. The Balaban J connectivity index is 1.87. The van der Waals surface area contributed by atoms with Crippen molar-refractivity contribution in [3.63, 3.8) is 0 Å². The second kappa shape index (κ2) is 7.62. The van der Waals surface area contributed by atoms with Crippen LogP contribution >= 0.6 is 22.1 Å². The summed E-state index contributed by atoms with van der Waals surface area (Å²) in [6, 6.07) is 13.8. The van der Waals surface area contributed by atoms with Crippen molar-refractivity contribution in [1.29, 1.82) is 0 Å². The van der Waals surface area contributed by atoms with Crippen LogP contribution in [0.5, 0.6) is 11.5 Å². The number of carbonyl (C=O) groups is 2. The van der Waals surface area contributed by atoms with Crippen molar-refractivity contribution in [2.24, 2.45) is 0 Å². The molecule has 2 aromatic rings. The molecule has 2 aromatic carbocycles. The maximum atomic E-state index is 10.8. The van der Waals surface area contributed by atoms with Gasteiger partial charge >= 0.3 is 0 Å². The second-order valence-corrected chi connectivity index (χ2v) is 5.04. The van der Waals surface area contributed by atoms with Gasteiger partial charge in [0.1, 0.15) is 11.5 Å². The van der Waals surface area contributed by atoms with Gasteiger partial charge in [-0.2, -0.15) is 0 Å². The molecule has 0 saturated carbocycles. The van der Waals surface area contributed by atoms with Crippen molar-refractivity contribution in [2.45, 2.75) is 0 Å². The summed E-state index contributed by atoms with van der Waals surface area (Å²) < 4.78 is 10.7. The fraction of sp³-hybridized carbons (Fsp3) is 0. The van der Waals surface area contributed by atoms with Crippen LogP contribution in [0.3, 0.4) is 0 Å². The third-order valence-electron chi connectivity index (χ3n) is 2.37. The van der Waals surface area contributed by atoms with Crippen molar-refractivity contribution >= 4 is 34.7 Å². The number of aldehydes is 2. The molecule has 6 heteroatoms. The number of hydrogen-bond acceptors (Lipinski definition) is 6. The lowest BCUT2D eigenvalue weighted by molar-refractivity contribution is 0.111. The first-order valence-corrected chi connectivity index (χ1v) is 7.61. The third-order valence-corrected chi connectivity index (χ3v) is 3.49. The highest BCUT2D eigenvalue weighted by Crippen LogP contribution is 2.31. The molecular formula is C14H10O4S2. The Labute approximate surface area is 124 Å². The van der Waals surface area contributed by atoms with Gasteiger partial charge in [0.15, 0.2) is 34.7 Å². The van der Waals surface area contributed by atoms with Gasteiger partial charge in [0.25, 0.3) is 0 Å². The Hall–Kier alpha value is -1.92. The van der Waals surface area contributed by atoms with E-state index in [4.69, 9.17) is 8.37 Å². The maximum Gasteiger partial charge on any atom is 0.169 e. The molecule has 0 unspecified atom stereocenters. The van der Waals surface area contributed by atoms with Gasteiger partial charge in [-0.1, -0.05) is 24.3 Å². The Morgan fingerprint density at radius 2 is 1.10 bits per heavy atom. The standard InChI is InChI=1S/C14H10O4S2/c15-9-11-5-1-3-7-13(11)17-19-20-18-14-8-4-2-6-12(14)10-16/h1-10H. The minimum atomic E-state index is 0.465. The summed E-state index contributed by atoms with van der Waals surface area (Å²) in [5.41, 5.74) is 0.933. The summed E-state index contributed by atoms with van der Waals surface area (Å²) in [5, 5.41) is 0. The second-order valence-electron chi connectivity index (χ2n) is 3.61. The highest BCUT2D eigenvalue weighted by molar-refractivity contribution is 8.73. The van der Waals surface area contributed by atoms with Crippen molar-refractivity contribution in [3.8, 4) is 11.5 Å². The first kappa shape index (κ1) is 14.5. The molecule has 20 heavy (non-hydrogen) atoms. The molecule has 102 valence electrons. The van der Waals surface area contributed by atoms with Gasteiger partial charge in [-0.3, -0.25) is 9.59 Å². The smallest absolute Gasteiger partial charge is 0.169 e. The SMILES string of the molecule is O=Cc1ccccc1OSSOc1ccccc1C=O. The molecule has 0 heterocycles. The molecule has 0 spiro atoms. The van der Waals surface area contributed by atoms with Gasteiger partial charge < -0.3 is 8.37 Å². The Bertz CT molecular complexity index is 548. The van der Waals surface area contributed by atoms with E-state index in [0.717, 1.165) is 34.7 Å². The van der Waals surface area contributed by atoms with E-state index in [0.29, 0.717) is 22.6 Å². The van der Waals surface area contributed by atoms with E-state index in [1.54, 1.807) is 48.5 Å². The van der Waals surface area contributed by atoms with E-state index in [1.165, 1.54) is 0 Å². The monoisotopic (exact) mass is 306 g/mol. The molecule has 0 radical (unpaired) electrons. The maximum absolute atomic E-state index is 10.8. The molecule has 0 aliphatic heterocycles. The van der Waals surface area contributed by atoms with Crippen molar-refractivity contribution < 1.29 is 18.0 Å². The molecule has 0 saturated heterocycles. The summed E-state index contributed by atoms with van der Waals surface area (Å²) in [5.74, 6) is 0.930. The average Bonchev–Trinajstić information content (AvgIpc) is 2.52. The average molecular weight is 306 g/mol. The van der Waals surface area contributed by atoms with E-state index >= 15 is 0 Å². The van der Waals surface area contributed by atoms with E-state index in [9.17, 15) is 9.59 Å². The zero-order chi connectivity index (χ0) is 14.2. The molecule has 4 nitrogen and oxygen atoms in total. The third kappa shape index (κ3) is 3.79. The first-order valence-electron chi connectivity index (χ1n) is 5.61. The normalized spacial score (nSPS) is 9.80. The van der Waals surface area contributed by atoms with Crippen LogP contribution in [0.4, 0.5) is 0 Å². The van der Waals surface area contributed by atoms with Gasteiger partial charge in [0.05, 0.1) is 11.1 Å². The molecule has 0 aromatic heterocycles. The summed E-state index contributed by atoms with van der Waals surface area (Å²) in [6.07, 6.45) is 1.45. The first-order chi connectivity index (χ1) is 9.85. The predicted molar refractivity (Wildman–Crippen MR) is 80.1 cm³/mol. The van der Waals surface area contributed by atoms with E-state index in [-0.39, 0.29) is 0 Å². The predicted octanol–water partition coefficient (Wildman–Crippen LogP) is 3.98. The Morgan fingerprint density at radius 3 is 1.50 bits per heavy atom. The summed E-state index contributed by atoms with van der Waals surface area (Å²) >= 11 is 1.94. The van der Waals surface area contributed by atoms with E-state index < -0.39 is 0 Å². The van der Waals surface area contributed by atoms with Crippen LogP contribution in [-0.2, 0) is 0 Å². The molecule has 0 bridgehead atoms. The van der Waals surface area contributed by atoms with Crippen LogP contribution in [0.2, 0.25) is 0 Å². The zero-order valence-electron chi connectivity index (χ0n) is 10.2. The topological polar surface area (TPSA) is 52.6 Å². The number of hydrogen-bond donors (Lipinski definition) is 0. The molecular weight excluding hydrogens is 296 g/mol. The highest BCUT2D eigenvalue weighted by Gasteiger charge is 2.05. The van der Waals surface area contributed by atoms with E-state index in [2.05, 4.69) is 0 Å². The lowest BCUT2D eigenvalue weighted by Crippen LogP contribution is -1.89. The Morgan fingerprint density at radius 1 is 0.700 bits per heavy atom. The number of benzene rings is 2. The number of para-hydroxylation sites is 2. The summed E-state index contributed by atoms with van der Waals surface area (Å²) in [4.78, 5) is 21.6. The quantitative estimate of drug-likeness (QED) is 0.334. The van der Waals surface area contributed by atoms with Crippen LogP contribution in [0.25, 0.3) is 0 Å². The lowest BCUT2D eigenvalue weighted by Gasteiger charge is -2.06. The highest BCUT2D eigenvalue weighted by atomic mass is 33.1. The van der Waals surface area contributed by atoms with Crippen LogP contribution in [0, 0.1) is 0 Å². The van der Waals surface area contributed by atoms with Crippen LogP contribution < -0.4 is 8.37 Å². The van der Waals surface area contributed by atoms with Crippen LogP contribution in [-0.4, -0.2) is 12.6 Å². The molecule has 0 atom stereocenters. The summed E-state index contributed by atoms with van der Waals surface area (Å²) in [7, 11) is 0. The molecule has 2 rings (SSSR count). The number of carbonyl (C=O) groups excluding carboxylic acids is 2. The molecule has 0 aliphatic rings. The summed E-state index contributed by atoms with van der Waals surface area (Å²) in [6.45, 7) is 0. The number of rotatable bonds is 7. The van der Waals surface area contributed by atoms with Crippen molar-refractivity contribution in [3.05, 3.63) is 59.7 Å².